The highest BCUT2D eigenvalue weighted by Gasteiger charge is 2.20. The fourth-order valence-electron chi connectivity index (χ4n) is 2.47. The summed E-state index contributed by atoms with van der Waals surface area (Å²) in [4.78, 5) is 26.4. The molecule has 0 atom stereocenters. The zero-order valence-corrected chi connectivity index (χ0v) is 14.9. The van der Waals surface area contributed by atoms with E-state index in [1.807, 2.05) is 24.3 Å². The maximum absolute atomic E-state index is 11.9. The van der Waals surface area contributed by atoms with E-state index in [0.29, 0.717) is 5.56 Å². The molecular formula is C21H16N2O5. The molecule has 3 rings (SSSR count). The molecule has 2 aromatic rings. The third-order valence-electron chi connectivity index (χ3n) is 3.81. The minimum Gasteiger partial charge on any atom is -0.496 e. The fraction of sp³-hybridized carbons (Fsp3) is 0.0476. The van der Waals surface area contributed by atoms with E-state index in [0.717, 1.165) is 11.3 Å². The van der Waals surface area contributed by atoms with E-state index in [2.05, 4.69) is 4.99 Å². The molecule has 1 aliphatic heterocycles. The van der Waals surface area contributed by atoms with Crippen LogP contribution in [0.5, 0.6) is 5.75 Å². The van der Waals surface area contributed by atoms with Gasteiger partial charge in [0.15, 0.2) is 5.70 Å². The summed E-state index contributed by atoms with van der Waals surface area (Å²) in [5.41, 5.74) is 1.60. The summed E-state index contributed by atoms with van der Waals surface area (Å²) in [6.07, 6.45) is 8.11. The number of benzene rings is 2. The van der Waals surface area contributed by atoms with Crippen molar-refractivity contribution in [1.82, 2.24) is 0 Å². The van der Waals surface area contributed by atoms with Crippen LogP contribution < -0.4 is 4.74 Å². The molecule has 0 unspecified atom stereocenters. The van der Waals surface area contributed by atoms with Gasteiger partial charge in [-0.2, -0.15) is 0 Å². The molecule has 0 spiro atoms. The summed E-state index contributed by atoms with van der Waals surface area (Å²) < 4.78 is 10.3. The lowest BCUT2D eigenvalue weighted by Gasteiger charge is -2.02. The molecule has 1 aliphatic rings. The summed E-state index contributed by atoms with van der Waals surface area (Å²) in [5, 5.41) is 10.8. The van der Waals surface area contributed by atoms with E-state index in [1.165, 1.54) is 18.2 Å². The van der Waals surface area contributed by atoms with Gasteiger partial charge in [-0.3, -0.25) is 10.1 Å². The zero-order valence-electron chi connectivity index (χ0n) is 14.9. The maximum Gasteiger partial charge on any atom is 0.363 e. The third-order valence-corrected chi connectivity index (χ3v) is 3.81. The number of non-ortho nitro benzene ring substituents is 1. The zero-order chi connectivity index (χ0) is 19.9. The van der Waals surface area contributed by atoms with E-state index in [-0.39, 0.29) is 17.3 Å². The van der Waals surface area contributed by atoms with Crippen LogP contribution in [0.3, 0.4) is 0 Å². The summed E-state index contributed by atoms with van der Waals surface area (Å²) >= 11 is 0. The Labute approximate surface area is 161 Å². The Kier molecular flexibility index (Phi) is 5.76. The molecule has 1 heterocycles. The number of ether oxygens (including phenoxy) is 2. The van der Waals surface area contributed by atoms with Gasteiger partial charge in [-0.1, -0.05) is 42.5 Å². The Morgan fingerprint density at radius 3 is 2.71 bits per heavy atom. The number of aliphatic imine (C=N–C) groups is 1. The fourth-order valence-corrected chi connectivity index (χ4v) is 2.47. The number of methoxy groups -OCH3 is 1. The molecule has 0 amide bonds. The van der Waals surface area contributed by atoms with Crippen molar-refractivity contribution in [2.75, 3.05) is 7.11 Å². The molecular weight excluding hydrogens is 360 g/mol. The first-order valence-electron chi connectivity index (χ1n) is 8.31. The van der Waals surface area contributed by atoms with Crippen LogP contribution in [0.25, 0.3) is 12.2 Å². The standard InChI is InChI=1S/C21H16N2O5/c1-27-19-11-3-2-7-16(19)8-5-10-18-21(24)28-20(22-18)13-12-15-6-4-9-17(14-15)23(25)26/h2-14H,1H3/b8-5+,13-12-,18-10+. The van der Waals surface area contributed by atoms with Crippen molar-refractivity contribution >= 4 is 29.7 Å². The van der Waals surface area contributed by atoms with Crippen LogP contribution in [-0.2, 0) is 9.53 Å². The number of rotatable bonds is 6. The summed E-state index contributed by atoms with van der Waals surface area (Å²) in [6.45, 7) is 0. The Morgan fingerprint density at radius 1 is 1.11 bits per heavy atom. The van der Waals surface area contributed by atoms with Gasteiger partial charge in [-0.05, 0) is 23.8 Å². The predicted octanol–water partition coefficient (Wildman–Crippen LogP) is 4.17. The first-order chi connectivity index (χ1) is 13.6. The number of carbonyl (C=O) groups excluding carboxylic acids is 1. The van der Waals surface area contributed by atoms with E-state index >= 15 is 0 Å². The quantitative estimate of drug-likeness (QED) is 0.327. The van der Waals surface area contributed by atoms with Crippen molar-refractivity contribution < 1.29 is 19.2 Å². The number of nitro benzene ring substituents is 1. The van der Waals surface area contributed by atoms with Crippen LogP contribution >= 0.6 is 0 Å². The lowest BCUT2D eigenvalue weighted by molar-refractivity contribution is -0.384. The van der Waals surface area contributed by atoms with E-state index < -0.39 is 10.9 Å². The molecule has 0 aromatic heterocycles. The first-order valence-corrected chi connectivity index (χ1v) is 8.31. The highest BCUT2D eigenvalue weighted by Crippen LogP contribution is 2.20. The monoisotopic (exact) mass is 376 g/mol. The Morgan fingerprint density at radius 2 is 1.93 bits per heavy atom. The number of nitrogens with zero attached hydrogens (tertiary/aromatic N) is 2. The number of hydrogen-bond donors (Lipinski definition) is 0. The van der Waals surface area contributed by atoms with Crippen molar-refractivity contribution in [1.29, 1.82) is 0 Å². The van der Waals surface area contributed by atoms with Gasteiger partial charge in [-0.25, -0.2) is 9.79 Å². The molecule has 28 heavy (non-hydrogen) atoms. The topological polar surface area (TPSA) is 91.0 Å². The molecule has 0 bridgehead atoms. The van der Waals surface area contributed by atoms with Gasteiger partial charge in [0.25, 0.3) is 5.69 Å². The van der Waals surface area contributed by atoms with Crippen molar-refractivity contribution in [3.05, 3.63) is 93.7 Å². The van der Waals surface area contributed by atoms with Crippen LogP contribution in [0.1, 0.15) is 11.1 Å². The Bertz CT molecular complexity index is 1030. The van der Waals surface area contributed by atoms with E-state index in [9.17, 15) is 14.9 Å². The van der Waals surface area contributed by atoms with Crippen LogP contribution in [0.15, 0.2) is 77.4 Å². The summed E-state index contributed by atoms with van der Waals surface area (Å²) in [6, 6.07) is 13.6. The predicted molar refractivity (Wildman–Crippen MR) is 106 cm³/mol. The highest BCUT2D eigenvalue weighted by molar-refractivity contribution is 6.09. The molecule has 0 saturated heterocycles. The average molecular weight is 376 g/mol. The molecule has 0 saturated carbocycles. The minimum absolute atomic E-state index is 0.0189. The molecule has 2 aromatic carbocycles. The molecule has 140 valence electrons. The van der Waals surface area contributed by atoms with Gasteiger partial charge in [0.05, 0.1) is 12.0 Å². The normalized spacial score (nSPS) is 15.2. The van der Waals surface area contributed by atoms with Crippen molar-refractivity contribution in [3.8, 4) is 5.75 Å². The number of para-hydroxylation sites is 1. The number of hydrogen-bond acceptors (Lipinski definition) is 6. The van der Waals surface area contributed by atoms with Crippen LogP contribution in [0.2, 0.25) is 0 Å². The second-order valence-electron chi connectivity index (χ2n) is 5.68. The van der Waals surface area contributed by atoms with Gasteiger partial charge < -0.3 is 9.47 Å². The van der Waals surface area contributed by atoms with Gasteiger partial charge in [0.1, 0.15) is 5.75 Å². The highest BCUT2D eigenvalue weighted by atomic mass is 16.6. The molecule has 0 N–H and O–H groups in total. The van der Waals surface area contributed by atoms with Gasteiger partial charge in [0, 0.05) is 23.8 Å². The van der Waals surface area contributed by atoms with Gasteiger partial charge >= 0.3 is 5.97 Å². The van der Waals surface area contributed by atoms with E-state index in [4.69, 9.17) is 9.47 Å². The van der Waals surface area contributed by atoms with Gasteiger partial charge in [-0.15, -0.1) is 0 Å². The maximum atomic E-state index is 11.9. The smallest absolute Gasteiger partial charge is 0.363 e. The van der Waals surface area contributed by atoms with Crippen LogP contribution in [-0.4, -0.2) is 23.9 Å². The van der Waals surface area contributed by atoms with Crippen molar-refractivity contribution in [2.24, 2.45) is 4.99 Å². The molecule has 7 nitrogen and oxygen atoms in total. The lowest BCUT2D eigenvalue weighted by atomic mass is 10.2. The molecule has 0 fully saturated rings. The van der Waals surface area contributed by atoms with Crippen LogP contribution in [0, 0.1) is 10.1 Å². The number of esters is 1. The Balaban J connectivity index is 1.73. The van der Waals surface area contributed by atoms with Gasteiger partial charge in [0.2, 0.25) is 5.90 Å². The van der Waals surface area contributed by atoms with Crippen molar-refractivity contribution in [2.45, 2.75) is 0 Å². The number of allylic oxidation sites excluding steroid dienone is 2. The van der Waals surface area contributed by atoms with E-state index in [1.54, 1.807) is 43.5 Å². The lowest BCUT2D eigenvalue weighted by Crippen LogP contribution is -2.01. The largest absolute Gasteiger partial charge is 0.496 e. The van der Waals surface area contributed by atoms with Crippen LogP contribution in [0.4, 0.5) is 5.69 Å². The SMILES string of the molecule is COc1ccccc1/C=C/C=C1N=C(/C=C\c2cccc([N+](=O)[O-])c2)OC/1=O. The summed E-state index contributed by atoms with van der Waals surface area (Å²) in [5.74, 6) is 0.270. The summed E-state index contributed by atoms with van der Waals surface area (Å²) in [7, 11) is 1.59. The Hall–Kier alpha value is -4.00. The molecule has 7 heteroatoms. The first kappa shape index (κ1) is 18.8. The second kappa shape index (κ2) is 8.59. The molecule has 0 radical (unpaired) electrons. The number of carbonyl (C=O) groups is 1. The third kappa shape index (κ3) is 4.59. The number of cyclic esters (lactones) is 1. The average Bonchev–Trinajstić information content (AvgIpc) is 3.06. The number of nitro groups is 1. The van der Waals surface area contributed by atoms with Crippen molar-refractivity contribution in [3.63, 3.8) is 0 Å². The second-order valence-corrected chi connectivity index (χ2v) is 5.68. The molecule has 0 aliphatic carbocycles. The minimum atomic E-state index is -0.566.